The molecule has 0 aliphatic heterocycles. The quantitative estimate of drug-likeness (QED) is 0.550. The van der Waals surface area contributed by atoms with E-state index in [2.05, 4.69) is 9.47 Å². The van der Waals surface area contributed by atoms with Crippen LogP contribution in [0, 0.1) is 0 Å². The molecule has 0 bridgehead atoms. The summed E-state index contributed by atoms with van der Waals surface area (Å²) in [4.78, 5) is 22.6. The molecule has 0 saturated carbocycles. The van der Waals surface area contributed by atoms with Crippen molar-refractivity contribution in [3.63, 3.8) is 0 Å². The smallest absolute Gasteiger partial charge is 0.341 e. The molecule has 86 valence electrons. The van der Waals surface area contributed by atoms with Crippen LogP contribution in [0.1, 0.15) is 20.7 Å². The molecule has 2 N–H and O–H groups in total. The first-order valence-electron chi connectivity index (χ1n) is 4.35. The summed E-state index contributed by atoms with van der Waals surface area (Å²) < 4.78 is 8.69. The van der Waals surface area contributed by atoms with Crippen molar-refractivity contribution >= 4 is 11.9 Å². The second-order valence-electron chi connectivity index (χ2n) is 2.67. The zero-order valence-corrected chi connectivity index (χ0v) is 8.25. The highest BCUT2D eigenvalue weighted by atomic mass is 16.6. The van der Waals surface area contributed by atoms with Crippen molar-refractivity contribution in [1.29, 1.82) is 0 Å². The van der Waals surface area contributed by atoms with Gasteiger partial charge in [0.2, 0.25) is 0 Å². The molecule has 1 aromatic carbocycles. The Morgan fingerprint density at radius 2 is 1.31 bits per heavy atom. The second kappa shape index (κ2) is 5.84. The number of rotatable bonds is 4. The van der Waals surface area contributed by atoms with Crippen molar-refractivity contribution in [3.05, 3.63) is 35.4 Å². The Bertz CT molecular complexity index is 350. The predicted octanol–water partition coefficient (Wildman–Crippen LogP) is -0.100. The van der Waals surface area contributed by atoms with E-state index in [-0.39, 0.29) is 11.1 Å². The second-order valence-corrected chi connectivity index (χ2v) is 2.67. The van der Waals surface area contributed by atoms with Crippen LogP contribution >= 0.6 is 0 Å². The van der Waals surface area contributed by atoms with Gasteiger partial charge in [-0.3, -0.25) is 0 Å². The van der Waals surface area contributed by atoms with Crippen LogP contribution in [0.3, 0.4) is 0 Å². The molecule has 0 radical (unpaired) electrons. The summed E-state index contributed by atoms with van der Waals surface area (Å²) in [5.41, 5.74) is -0.0648. The molecule has 0 amide bonds. The van der Waals surface area contributed by atoms with E-state index in [4.69, 9.17) is 10.2 Å². The molecule has 0 aliphatic rings. The molecule has 6 heteroatoms. The monoisotopic (exact) mass is 226 g/mol. The Morgan fingerprint density at radius 1 is 0.938 bits per heavy atom. The van der Waals surface area contributed by atoms with Crippen LogP contribution in [0.15, 0.2) is 24.3 Å². The average molecular weight is 226 g/mol. The van der Waals surface area contributed by atoms with Gasteiger partial charge in [-0.05, 0) is 12.1 Å². The van der Waals surface area contributed by atoms with Crippen LogP contribution in [0.5, 0.6) is 0 Å². The van der Waals surface area contributed by atoms with Crippen molar-refractivity contribution < 1.29 is 29.3 Å². The van der Waals surface area contributed by atoms with E-state index in [1.165, 1.54) is 24.3 Å². The highest BCUT2D eigenvalue weighted by Gasteiger charge is 2.18. The number of hydrogen-bond acceptors (Lipinski definition) is 6. The lowest BCUT2D eigenvalue weighted by atomic mass is 10.1. The Labute approximate surface area is 91.0 Å². The first-order chi connectivity index (χ1) is 7.70. The van der Waals surface area contributed by atoms with Crippen molar-refractivity contribution in [2.24, 2.45) is 0 Å². The van der Waals surface area contributed by atoms with Gasteiger partial charge in [0.05, 0.1) is 11.1 Å². The minimum atomic E-state index is -0.840. The molecule has 0 fully saturated rings. The van der Waals surface area contributed by atoms with Gasteiger partial charge in [0.15, 0.2) is 13.6 Å². The fraction of sp³-hybridized carbons (Fsp3) is 0.200. The molecule has 1 rings (SSSR count). The van der Waals surface area contributed by atoms with Gasteiger partial charge in [-0.25, -0.2) is 9.59 Å². The fourth-order valence-corrected chi connectivity index (χ4v) is 1.11. The van der Waals surface area contributed by atoms with Gasteiger partial charge < -0.3 is 19.7 Å². The predicted molar refractivity (Wildman–Crippen MR) is 51.4 cm³/mol. The Hall–Kier alpha value is -1.92. The number of ether oxygens (including phenoxy) is 2. The standard InChI is InChI=1S/C10H10O6/c11-5-15-9(13)7-3-1-2-4-8(7)10(14)16-6-12/h1-4,11-12H,5-6H2. The molecule has 0 atom stereocenters. The highest BCUT2D eigenvalue weighted by molar-refractivity contribution is 6.03. The summed E-state index contributed by atoms with van der Waals surface area (Å²) in [7, 11) is 0. The van der Waals surface area contributed by atoms with Gasteiger partial charge in [-0.15, -0.1) is 0 Å². The van der Waals surface area contributed by atoms with E-state index in [0.29, 0.717) is 0 Å². The van der Waals surface area contributed by atoms with Crippen LogP contribution < -0.4 is 0 Å². The zero-order valence-electron chi connectivity index (χ0n) is 8.25. The Morgan fingerprint density at radius 3 is 1.62 bits per heavy atom. The van der Waals surface area contributed by atoms with Crippen molar-refractivity contribution in [1.82, 2.24) is 0 Å². The third kappa shape index (κ3) is 2.78. The number of carbonyl (C=O) groups excluding carboxylic acids is 2. The van der Waals surface area contributed by atoms with E-state index in [1.54, 1.807) is 0 Å². The first kappa shape index (κ1) is 12.2. The van der Waals surface area contributed by atoms with Gasteiger partial charge in [-0.1, -0.05) is 12.1 Å². The number of hydrogen-bond donors (Lipinski definition) is 2. The van der Waals surface area contributed by atoms with E-state index in [9.17, 15) is 9.59 Å². The highest BCUT2D eigenvalue weighted by Crippen LogP contribution is 2.11. The first-order valence-corrected chi connectivity index (χ1v) is 4.35. The van der Waals surface area contributed by atoms with Crippen molar-refractivity contribution in [2.45, 2.75) is 0 Å². The summed E-state index contributed by atoms with van der Waals surface area (Å²) in [6.07, 6.45) is 0. The molecule has 16 heavy (non-hydrogen) atoms. The van der Waals surface area contributed by atoms with Crippen LogP contribution in [-0.4, -0.2) is 35.7 Å². The number of esters is 2. The van der Waals surface area contributed by atoms with Crippen LogP contribution in [-0.2, 0) is 9.47 Å². The Kier molecular flexibility index (Phi) is 4.43. The maximum Gasteiger partial charge on any atom is 0.341 e. The minimum Gasteiger partial charge on any atom is -0.435 e. The fourth-order valence-electron chi connectivity index (χ4n) is 1.11. The molecule has 0 heterocycles. The van der Waals surface area contributed by atoms with Crippen molar-refractivity contribution in [3.8, 4) is 0 Å². The van der Waals surface area contributed by atoms with Crippen molar-refractivity contribution in [2.75, 3.05) is 13.6 Å². The SMILES string of the molecule is O=C(OCO)c1ccccc1C(=O)OCO. The van der Waals surface area contributed by atoms with E-state index < -0.39 is 25.5 Å². The minimum absolute atomic E-state index is 0.0324. The van der Waals surface area contributed by atoms with Gasteiger partial charge in [-0.2, -0.15) is 0 Å². The van der Waals surface area contributed by atoms with Crippen LogP contribution in [0.2, 0.25) is 0 Å². The maximum absolute atomic E-state index is 11.3. The number of aliphatic hydroxyl groups is 2. The summed E-state index contributed by atoms with van der Waals surface area (Å²) >= 11 is 0. The third-order valence-corrected chi connectivity index (χ3v) is 1.76. The summed E-state index contributed by atoms with van der Waals surface area (Å²) in [5.74, 6) is -1.68. The molecular weight excluding hydrogens is 216 g/mol. The number of benzene rings is 1. The molecule has 0 spiro atoms. The van der Waals surface area contributed by atoms with E-state index >= 15 is 0 Å². The lowest BCUT2D eigenvalue weighted by Crippen LogP contribution is -2.14. The van der Waals surface area contributed by atoms with E-state index in [0.717, 1.165) is 0 Å². The lowest BCUT2D eigenvalue weighted by Gasteiger charge is -2.06. The van der Waals surface area contributed by atoms with Crippen LogP contribution in [0.25, 0.3) is 0 Å². The van der Waals surface area contributed by atoms with Gasteiger partial charge in [0.25, 0.3) is 0 Å². The van der Waals surface area contributed by atoms with Gasteiger partial charge in [0, 0.05) is 0 Å². The topological polar surface area (TPSA) is 93.1 Å². The average Bonchev–Trinajstić information content (AvgIpc) is 2.30. The molecule has 0 saturated heterocycles. The third-order valence-electron chi connectivity index (χ3n) is 1.76. The normalized spacial score (nSPS) is 9.62. The van der Waals surface area contributed by atoms with Gasteiger partial charge in [0.1, 0.15) is 0 Å². The van der Waals surface area contributed by atoms with E-state index in [1.807, 2.05) is 0 Å². The lowest BCUT2D eigenvalue weighted by molar-refractivity contribution is 0.00226. The summed E-state index contributed by atoms with van der Waals surface area (Å²) in [6, 6.07) is 5.77. The number of carbonyl (C=O) groups is 2. The van der Waals surface area contributed by atoms with Crippen LogP contribution in [0.4, 0.5) is 0 Å². The van der Waals surface area contributed by atoms with Gasteiger partial charge >= 0.3 is 11.9 Å². The molecule has 6 nitrogen and oxygen atoms in total. The molecule has 1 aromatic rings. The molecule has 0 unspecified atom stereocenters. The molecular formula is C10H10O6. The maximum atomic E-state index is 11.3. The zero-order chi connectivity index (χ0) is 12.0. The Balaban J connectivity index is 3.00. The largest absolute Gasteiger partial charge is 0.435 e. The summed E-state index contributed by atoms with van der Waals surface area (Å²) in [5, 5.41) is 16.9. The molecule has 0 aliphatic carbocycles. The number of aliphatic hydroxyl groups excluding tert-OH is 2. The molecule has 0 aromatic heterocycles. The summed E-state index contributed by atoms with van der Waals surface area (Å²) in [6.45, 7) is -1.55.